The molecule has 1 amide bonds. The Balaban J connectivity index is 1.12. The fourth-order valence-electron chi connectivity index (χ4n) is 5.74. The van der Waals surface area contributed by atoms with Gasteiger partial charge in [-0.1, -0.05) is 12.1 Å². The van der Waals surface area contributed by atoms with Gasteiger partial charge in [-0.15, -0.1) is 0 Å². The Hall–Kier alpha value is -3.18. The number of benzene rings is 1. The van der Waals surface area contributed by atoms with E-state index in [1.807, 2.05) is 19.3 Å². The monoisotopic (exact) mass is 550 g/mol. The number of carbonyl (C=O) groups is 1. The number of nitrogens with zero attached hydrogens (tertiary/aromatic N) is 5. The van der Waals surface area contributed by atoms with E-state index in [1.165, 1.54) is 0 Å². The van der Waals surface area contributed by atoms with Crippen molar-refractivity contribution in [3.8, 4) is 17.1 Å². The highest BCUT2D eigenvalue weighted by Crippen LogP contribution is 2.40. The SMILES string of the molecule is CC(Oc1nc(-c2ccc(N3CCN(S(=O)(=O)C4CC4)CC3)cc2)cc2ncn(C3CC3)c12)C1CNC(=O)C1. The molecule has 1 N–H and O–H groups in total. The number of sulfonamides is 1. The average Bonchev–Trinajstić information content (AvgIpc) is 3.89. The fraction of sp³-hybridized carbons (Fsp3) is 0.536. The molecule has 206 valence electrons. The van der Waals surface area contributed by atoms with Crippen molar-refractivity contribution in [2.24, 2.45) is 5.92 Å². The molecular weight excluding hydrogens is 516 g/mol. The van der Waals surface area contributed by atoms with Crippen LogP contribution in [0, 0.1) is 5.92 Å². The van der Waals surface area contributed by atoms with E-state index < -0.39 is 10.0 Å². The topological polar surface area (TPSA) is 110 Å². The Bertz CT molecular complexity index is 1500. The maximum Gasteiger partial charge on any atom is 0.241 e. The number of anilines is 1. The zero-order valence-corrected chi connectivity index (χ0v) is 22.9. The Morgan fingerprint density at radius 1 is 1.05 bits per heavy atom. The summed E-state index contributed by atoms with van der Waals surface area (Å²) in [6, 6.07) is 10.7. The predicted octanol–water partition coefficient (Wildman–Crippen LogP) is 2.95. The molecule has 4 fully saturated rings. The number of ether oxygens (including phenoxy) is 1. The van der Waals surface area contributed by atoms with Gasteiger partial charge in [0.05, 0.1) is 22.8 Å². The maximum atomic E-state index is 12.6. The molecule has 10 nitrogen and oxygen atoms in total. The minimum absolute atomic E-state index is 0.0661. The molecule has 4 aliphatic rings. The van der Waals surface area contributed by atoms with E-state index >= 15 is 0 Å². The largest absolute Gasteiger partial charge is 0.473 e. The van der Waals surface area contributed by atoms with Crippen molar-refractivity contribution in [1.29, 1.82) is 0 Å². The second kappa shape index (κ2) is 9.48. The highest BCUT2D eigenvalue weighted by molar-refractivity contribution is 7.90. The standard InChI is InChI=1S/C28H34N6O4S/c1-18(20-14-26(35)29-16-20)38-28-27-25(30-17-34(27)22-6-7-22)15-24(31-28)19-2-4-21(5-3-19)32-10-12-33(13-11-32)39(36,37)23-8-9-23/h2-5,15,17-18,20,22-23H,6-14,16H2,1H3,(H,29,35). The zero-order valence-electron chi connectivity index (χ0n) is 22.1. The Morgan fingerprint density at radius 2 is 1.79 bits per heavy atom. The molecule has 2 aliphatic carbocycles. The molecule has 0 bridgehead atoms. The summed E-state index contributed by atoms with van der Waals surface area (Å²) in [5.41, 5.74) is 4.60. The summed E-state index contributed by atoms with van der Waals surface area (Å²) in [4.78, 5) is 23.7. The second-order valence-corrected chi connectivity index (χ2v) is 13.5. The number of hydrogen-bond acceptors (Lipinski definition) is 7. The number of pyridine rings is 1. The second-order valence-electron chi connectivity index (χ2n) is 11.3. The highest BCUT2D eigenvalue weighted by atomic mass is 32.2. The van der Waals surface area contributed by atoms with Crippen molar-refractivity contribution in [3.63, 3.8) is 0 Å². The lowest BCUT2D eigenvalue weighted by molar-refractivity contribution is -0.119. The number of rotatable bonds is 8. The van der Waals surface area contributed by atoms with Crippen molar-refractivity contribution in [2.45, 2.75) is 56.4 Å². The van der Waals surface area contributed by atoms with Crippen LogP contribution in [-0.4, -0.2) is 77.2 Å². The summed E-state index contributed by atoms with van der Waals surface area (Å²) in [6.07, 6.45) is 6.05. The third kappa shape index (κ3) is 4.75. The minimum atomic E-state index is -3.12. The van der Waals surface area contributed by atoms with E-state index in [0.29, 0.717) is 51.1 Å². The lowest BCUT2D eigenvalue weighted by Gasteiger charge is -2.35. The molecule has 2 saturated heterocycles. The Kier molecular flexibility index (Phi) is 6.04. The van der Waals surface area contributed by atoms with E-state index in [9.17, 15) is 13.2 Å². The molecule has 1 aromatic carbocycles. The van der Waals surface area contributed by atoms with Gasteiger partial charge in [0.25, 0.3) is 0 Å². The van der Waals surface area contributed by atoms with Crippen molar-refractivity contribution >= 4 is 32.7 Å². The van der Waals surface area contributed by atoms with Gasteiger partial charge in [-0.25, -0.2) is 18.4 Å². The first-order valence-corrected chi connectivity index (χ1v) is 15.5. The number of amides is 1. The van der Waals surface area contributed by atoms with Gasteiger partial charge in [0.1, 0.15) is 11.6 Å². The fourth-order valence-corrected chi connectivity index (χ4v) is 7.56. The first-order valence-electron chi connectivity index (χ1n) is 14.0. The molecule has 2 atom stereocenters. The quantitative estimate of drug-likeness (QED) is 0.459. The van der Waals surface area contributed by atoms with Crippen LogP contribution in [0.15, 0.2) is 36.7 Å². The maximum absolute atomic E-state index is 12.6. The first-order chi connectivity index (χ1) is 18.9. The van der Waals surface area contributed by atoms with Crippen molar-refractivity contribution < 1.29 is 17.9 Å². The van der Waals surface area contributed by atoms with Crippen LogP contribution in [0.3, 0.4) is 0 Å². The van der Waals surface area contributed by atoms with Crippen LogP contribution in [0.2, 0.25) is 0 Å². The van der Waals surface area contributed by atoms with E-state index in [0.717, 1.165) is 53.7 Å². The molecule has 2 saturated carbocycles. The van der Waals surface area contributed by atoms with Crippen molar-refractivity contribution in [3.05, 3.63) is 36.7 Å². The first kappa shape index (κ1) is 24.8. The van der Waals surface area contributed by atoms with E-state index in [-0.39, 0.29) is 23.2 Å². The summed E-state index contributed by atoms with van der Waals surface area (Å²) in [6.45, 7) is 5.05. The zero-order chi connectivity index (χ0) is 26.7. The van der Waals surface area contributed by atoms with Crippen LogP contribution in [0.4, 0.5) is 5.69 Å². The molecule has 39 heavy (non-hydrogen) atoms. The molecule has 2 aromatic heterocycles. The summed E-state index contributed by atoms with van der Waals surface area (Å²) in [7, 11) is -3.12. The lowest BCUT2D eigenvalue weighted by Crippen LogP contribution is -2.49. The van der Waals surface area contributed by atoms with Gasteiger partial charge in [-0.05, 0) is 50.8 Å². The normalized spacial score (nSPS) is 23.3. The van der Waals surface area contributed by atoms with E-state index in [4.69, 9.17) is 14.7 Å². The number of nitrogens with one attached hydrogen (secondary N) is 1. The van der Waals surface area contributed by atoms with Crippen molar-refractivity contribution in [1.82, 2.24) is 24.2 Å². The number of hydrogen-bond donors (Lipinski definition) is 1. The van der Waals surface area contributed by atoms with Crippen LogP contribution in [0.25, 0.3) is 22.3 Å². The molecule has 2 unspecified atom stereocenters. The number of carbonyl (C=O) groups excluding carboxylic acids is 1. The van der Waals surface area contributed by atoms with Crippen LogP contribution < -0.4 is 15.0 Å². The summed E-state index contributed by atoms with van der Waals surface area (Å²) in [5.74, 6) is 0.738. The van der Waals surface area contributed by atoms with Gasteiger partial charge in [0, 0.05) is 62.4 Å². The highest BCUT2D eigenvalue weighted by Gasteiger charge is 2.41. The van der Waals surface area contributed by atoms with E-state index in [1.54, 1.807) is 4.31 Å². The molecule has 0 spiro atoms. The molecule has 3 aromatic rings. The van der Waals surface area contributed by atoms with Crippen LogP contribution in [0.1, 0.15) is 45.1 Å². The van der Waals surface area contributed by atoms with Crippen LogP contribution in [-0.2, 0) is 14.8 Å². The van der Waals surface area contributed by atoms with Gasteiger partial charge in [0.15, 0.2) is 0 Å². The Labute approximate surface area is 228 Å². The predicted molar refractivity (Wildman–Crippen MR) is 148 cm³/mol. The number of aromatic nitrogens is 3. The van der Waals surface area contributed by atoms with Gasteiger partial charge in [-0.2, -0.15) is 4.31 Å². The Morgan fingerprint density at radius 3 is 2.44 bits per heavy atom. The van der Waals surface area contributed by atoms with Crippen LogP contribution in [0.5, 0.6) is 5.88 Å². The molecule has 4 heterocycles. The minimum Gasteiger partial charge on any atom is -0.473 e. The summed E-state index contributed by atoms with van der Waals surface area (Å²) in [5, 5.41) is 2.75. The van der Waals surface area contributed by atoms with Crippen LogP contribution >= 0.6 is 0 Å². The molecule has 2 aliphatic heterocycles. The molecular formula is C28H34N6O4S. The van der Waals surface area contributed by atoms with Gasteiger partial charge < -0.3 is 19.5 Å². The summed E-state index contributed by atoms with van der Waals surface area (Å²) >= 11 is 0. The van der Waals surface area contributed by atoms with Gasteiger partial charge in [-0.3, -0.25) is 4.79 Å². The van der Waals surface area contributed by atoms with Gasteiger partial charge in [0.2, 0.25) is 21.8 Å². The lowest BCUT2D eigenvalue weighted by atomic mass is 10.0. The third-order valence-electron chi connectivity index (χ3n) is 8.50. The number of piperazine rings is 1. The molecule has 7 rings (SSSR count). The summed E-state index contributed by atoms with van der Waals surface area (Å²) < 4.78 is 35.4. The number of imidazole rings is 1. The third-order valence-corrected chi connectivity index (χ3v) is 10.9. The van der Waals surface area contributed by atoms with Gasteiger partial charge >= 0.3 is 0 Å². The average molecular weight is 551 g/mol. The number of fused-ring (bicyclic) bond motifs is 1. The van der Waals surface area contributed by atoms with E-state index in [2.05, 4.69) is 39.0 Å². The molecule has 0 radical (unpaired) electrons. The van der Waals surface area contributed by atoms with Crippen molar-refractivity contribution in [2.75, 3.05) is 37.6 Å². The smallest absolute Gasteiger partial charge is 0.241 e. The molecule has 11 heteroatoms.